The normalized spacial score (nSPS) is 11.4. The SMILES string of the molecule is COc1cccc(-c2ccc(CP(=O)(OC)OC)cc2)c1. The zero-order valence-corrected chi connectivity index (χ0v) is 13.3. The second-order valence-electron chi connectivity index (χ2n) is 4.56. The van der Waals surface area contributed by atoms with Gasteiger partial charge in [-0.3, -0.25) is 4.57 Å². The molecule has 2 rings (SSSR count). The van der Waals surface area contributed by atoms with Gasteiger partial charge in [0.05, 0.1) is 13.3 Å². The zero-order valence-electron chi connectivity index (χ0n) is 12.4. The van der Waals surface area contributed by atoms with Gasteiger partial charge in [0.25, 0.3) is 0 Å². The highest BCUT2D eigenvalue weighted by Crippen LogP contribution is 2.49. The van der Waals surface area contributed by atoms with Crippen LogP contribution in [0.1, 0.15) is 5.56 Å². The van der Waals surface area contributed by atoms with Crippen molar-refractivity contribution in [2.45, 2.75) is 6.16 Å². The molecule has 0 atom stereocenters. The average molecular weight is 306 g/mol. The van der Waals surface area contributed by atoms with Crippen molar-refractivity contribution in [1.82, 2.24) is 0 Å². The molecular formula is C16H19O4P. The summed E-state index contributed by atoms with van der Waals surface area (Å²) in [4.78, 5) is 0. The number of hydrogen-bond acceptors (Lipinski definition) is 4. The second-order valence-corrected chi connectivity index (χ2v) is 6.83. The van der Waals surface area contributed by atoms with Crippen molar-refractivity contribution < 1.29 is 18.3 Å². The smallest absolute Gasteiger partial charge is 0.334 e. The van der Waals surface area contributed by atoms with Crippen molar-refractivity contribution in [2.24, 2.45) is 0 Å². The Morgan fingerprint density at radius 3 is 2.14 bits per heavy atom. The fourth-order valence-corrected chi connectivity index (χ4v) is 3.10. The molecule has 0 aliphatic carbocycles. The van der Waals surface area contributed by atoms with Gasteiger partial charge in [0, 0.05) is 14.2 Å². The minimum Gasteiger partial charge on any atom is -0.497 e. The fraction of sp³-hybridized carbons (Fsp3) is 0.250. The number of hydrogen-bond donors (Lipinski definition) is 0. The van der Waals surface area contributed by atoms with Gasteiger partial charge in [0.2, 0.25) is 0 Å². The quantitative estimate of drug-likeness (QED) is 0.744. The van der Waals surface area contributed by atoms with Gasteiger partial charge in [-0.2, -0.15) is 0 Å². The summed E-state index contributed by atoms with van der Waals surface area (Å²) >= 11 is 0. The summed E-state index contributed by atoms with van der Waals surface area (Å²) in [5, 5.41) is 0. The van der Waals surface area contributed by atoms with E-state index in [9.17, 15) is 4.57 Å². The summed E-state index contributed by atoms with van der Waals surface area (Å²) in [6.07, 6.45) is 0.262. The molecule has 4 nitrogen and oxygen atoms in total. The maximum absolute atomic E-state index is 12.1. The van der Waals surface area contributed by atoms with Crippen LogP contribution in [0.25, 0.3) is 11.1 Å². The molecule has 0 N–H and O–H groups in total. The predicted octanol–water partition coefficient (Wildman–Crippen LogP) is 4.35. The van der Waals surface area contributed by atoms with Crippen LogP contribution in [0.15, 0.2) is 48.5 Å². The lowest BCUT2D eigenvalue weighted by atomic mass is 10.0. The van der Waals surface area contributed by atoms with Gasteiger partial charge in [0.1, 0.15) is 5.75 Å². The number of ether oxygens (including phenoxy) is 1. The van der Waals surface area contributed by atoms with Crippen molar-refractivity contribution >= 4 is 7.60 Å². The van der Waals surface area contributed by atoms with E-state index in [0.717, 1.165) is 22.4 Å². The standard InChI is InChI=1S/C16H19O4P/c1-18-16-6-4-5-15(11-16)14-9-7-13(8-10-14)12-21(17,19-2)20-3/h4-11H,12H2,1-3H3. The first kappa shape index (κ1) is 15.8. The van der Waals surface area contributed by atoms with Crippen molar-refractivity contribution in [3.63, 3.8) is 0 Å². The zero-order chi connectivity index (χ0) is 15.3. The van der Waals surface area contributed by atoms with Crippen LogP contribution in [0.2, 0.25) is 0 Å². The summed E-state index contributed by atoms with van der Waals surface area (Å²) in [6, 6.07) is 15.7. The first-order valence-electron chi connectivity index (χ1n) is 6.54. The Hall–Kier alpha value is -1.61. The Morgan fingerprint density at radius 1 is 0.905 bits per heavy atom. The third-order valence-electron chi connectivity index (χ3n) is 3.29. The first-order valence-corrected chi connectivity index (χ1v) is 8.27. The summed E-state index contributed by atoms with van der Waals surface area (Å²) in [5.74, 6) is 0.819. The molecular weight excluding hydrogens is 287 g/mol. The molecule has 0 aliphatic heterocycles. The molecule has 0 amide bonds. The molecule has 21 heavy (non-hydrogen) atoms. The number of methoxy groups -OCH3 is 1. The second kappa shape index (κ2) is 6.90. The van der Waals surface area contributed by atoms with Crippen molar-refractivity contribution in [3.8, 4) is 16.9 Å². The van der Waals surface area contributed by atoms with Crippen molar-refractivity contribution in [1.29, 1.82) is 0 Å². The molecule has 0 spiro atoms. The Labute approximate surface area is 125 Å². The lowest BCUT2D eigenvalue weighted by Crippen LogP contribution is -1.93. The summed E-state index contributed by atoms with van der Waals surface area (Å²) < 4.78 is 27.2. The molecule has 0 aromatic heterocycles. The molecule has 0 fully saturated rings. The van der Waals surface area contributed by atoms with Gasteiger partial charge in [0.15, 0.2) is 0 Å². The molecule has 0 radical (unpaired) electrons. The van der Waals surface area contributed by atoms with Gasteiger partial charge >= 0.3 is 7.60 Å². The molecule has 5 heteroatoms. The Kier molecular flexibility index (Phi) is 5.18. The van der Waals surface area contributed by atoms with E-state index in [1.165, 1.54) is 14.2 Å². The van der Waals surface area contributed by atoms with E-state index in [-0.39, 0.29) is 6.16 Å². The maximum atomic E-state index is 12.1. The van der Waals surface area contributed by atoms with E-state index in [4.69, 9.17) is 13.8 Å². The third-order valence-corrected chi connectivity index (χ3v) is 5.15. The van der Waals surface area contributed by atoms with Gasteiger partial charge in [-0.1, -0.05) is 36.4 Å². The van der Waals surface area contributed by atoms with Crippen LogP contribution in [-0.4, -0.2) is 21.3 Å². The van der Waals surface area contributed by atoms with Crippen LogP contribution in [0, 0.1) is 0 Å². The van der Waals surface area contributed by atoms with E-state index in [1.807, 2.05) is 48.5 Å². The van der Waals surface area contributed by atoms with Crippen molar-refractivity contribution in [2.75, 3.05) is 21.3 Å². The maximum Gasteiger partial charge on any atom is 0.334 e. The minimum atomic E-state index is -3.02. The Bertz CT molecular complexity index is 629. The van der Waals surface area contributed by atoms with Crippen LogP contribution in [0.3, 0.4) is 0 Å². The lowest BCUT2D eigenvalue weighted by molar-refractivity contribution is 0.275. The number of rotatable bonds is 6. The molecule has 0 bridgehead atoms. The summed E-state index contributed by atoms with van der Waals surface area (Å²) in [7, 11) is 1.42. The average Bonchev–Trinajstić information content (AvgIpc) is 2.55. The largest absolute Gasteiger partial charge is 0.497 e. The third kappa shape index (κ3) is 3.94. The molecule has 2 aromatic rings. The van der Waals surface area contributed by atoms with Crippen LogP contribution >= 0.6 is 7.60 Å². The van der Waals surface area contributed by atoms with E-state index >= 15 is 0 Å². The van der Waals surface area contributed by atoms with E-state index in [2.05, 4.69) is 0 Å². The summed E-state index contributed by atoms with van der Waals surface area (Å²) in [6.45, 7) is 0. The van der Waals surface area contributed by atoms with Crippen LogP contribution < -0.4 is 4.74 Å². The molecule has 0 unspecified atom stereocenters. The predicted molar refractivity (Wildman–Crippen MR) is 83.8 cm³/mol. The van der Waals surface area contributed by atoms with E-state index in [1.54, 1.807) is 7.11 Å². The molecule has 0 saturated carbocycles. The van der Waals surface area contributed by atoms with Crippen molar-refractivity contribution in [3.05, 3.63) is 54.1 Å². The molecule has 112 valence electrons. The van der Waals surface area contributed by atoms with Crippen LogP contribution in [0.4, 0.5) is 0 Å². The van der Waals surface area contributed by atoms with Gasteiger partial charge in [-0.25, -0.2) is 0 Å². The highest BCUT2D eigenvalue weighted by atomic mass is 31.2. The number of benzene rings is 2. The minimum absolute atomic E-state index is 0.262. The first-order chi connectivity index (χ1) is 10.1. The summed E-state index contributed by atoms with van der Waals surface area (Å²) in [5.41, 5.74) is 3.05. The van der Waals surface area contributed by atoms with Gasteiger partial charge in [-0.15, -0.1) is 0 Å². The lowest BCUT2D eigenvalue weighted by Gasteiger charge is -2.13. The molecule has 2 aromatic carbocycles. The van der Waals surface area contributed by atoms with Gasteiger partial charge in [-0.05, 0) is 28.8 Å². The fourth-order valence-electron chi connectivity index (χ4n) is 2.03. The topological polar surface area (TPSA) is 44.8 Å². The molecule has 0 heterocycles. The Balaban J connectivity index is 2.20. The molecule has 0 aliphatic rings. The van der Waals surface area contributed by atoms with E-state index in [0.29, 0.717) is 0 Å². The van der Waals surface area contributed by atoms with Crippen LogP contribution in [-0.2, 0) is 19.8 Å². The highest BCUT2D eigenvalue weighted by molar-refractivity contribution is 7.52. The molecule has 0 saturated heterocycles. The van der Waals surface area contributed by atoms with E-state index < -0.39 is 7.60 Å². The monoisotopic (exact) mass is 306 g/mol. The Morgan fingerprint density at radius 2 is 1.57 bits per heavy atom. The highest BCUT2D eigenvalue weighted by Gasteiger charge is 2.21. The van der Waals surface area contributed by atoms with Gasteiger partial charge < -0.3 is 13.8 Å². The van der Waals surface area contributed by atoms with Crippen LogP contribution in [0.5, 0.6) is 5.75 Å².